The Morgan fingerprint density at radius 2 is 0.831 bits per heavy atom. The van der Waals surface area contributed by atoms with Crippen molar-refractivity contribution in [2.45, 2.75) is 9.79 Å². The van der Waals surface area contributed by atoms with Crippen molar-refractivity contribution in [2.75, 3.05) is 0 Å². The highest BCUT2D eigenvalue weighted by atomic mass is 32.2. The fraction of sp³-hybridized carbons (Fsp3) is 0. The summed E-state index contributed by atoms with van der Waals surface area (Å²) in [6.07, 6.45) is 3.72. The van der Waals surface area contributed by atoms with E-state index < -0.39 is 0 Å². The molecule has 0 bridgehead atoms. The van der Waals surface area contributed by atoms with Gasteiger partial charge in [0.25, 0.3) is 0 Å². The molecule has 0 radical (unpaired) electrons. The molecule has 11 rings (SSSR count). The van der Waals surface area contributed by atoms with E-state index in [1.807, 2.05) is 72.7 Å². The molecule has 2 aromatic heterocycles. The van der Waals surface area contributed by atoms with Gasteiger partial charge in [-0.1, -0.05) is 188 Å². The summed E-state index contributed by atoms with van der Waals surface area (Å²) >= 11 is 1.84. The van der Waals surface area contributed by atoms with E-state index in [0.29, 0.717) is 11.6 Å². The topological polar surface area (TPSA) is 51.6 Å². The van der Waals surface area contributed by atoms with Crippen LogP contribution in [0.1, 0.15) is 0 Å². The molecule has 8 aromatic carbocycles. The second-order valence-corrected chi connectivity index (χ2v) is 15.7. The number of aromatic nitrogens is 4. The summed E-state index contributed by atoms with van der Waals surface area (Å²) in [5.74, 6) is 1.31. The van der Waals surface area contributed by atoms with Gasteiger partial charge in [0.05, 0.1) is 11.4 Å². The number of hydrogen-bond acceptors (Lipinski definition) is 5. The first-order chi connectivity index (χ1) is 29.2. The van der Waals surface area contributed by atoms with Gasteiger partial charge in [-0.3, -0.25) is 0 Å². The quantitative estimate of drug-likeness (QED) is 0.178. The monoisotopic (exact) mass is 770 g/mol. The van der Waals surface area contributed by atoms with Crippen LogP contribution in [-0.4, -0.2) is 19.9 Å². The van der Waals surface area contributed by atoms with Crippen LogP contribution in [0.25, 0.3) is 101 Å². The van der Waals surface area contributed by atoms with Gasteiger partial charge in [-0.25, -0.2) is 19.9 Å². The molecule has 5 heteroatoms. The van der Waals surface area contributed by atoms with E-state index in [1.165, 1.54) is 53.9 Å². The van der Waals surface area contributed by atoms with E-state index in [1.54, 1.807) is 0 Å². The average molecular weight is 771 g/mol. The lowest BCUT2D eigenvalue weighted by Gasteiger charge is -2.19. The molecule has 1 aliphatic rings. The van der Waals surface area contributed by atoms with E-state index in [4.69, 9.17) is 19.9 Å². The van der Waals surface area contributed by atoms with Gasteiger partial charge >= 0.3 is 0 Å². The first-order valence-corrected chi connectivity index (χ1v) is 20.5. The van der Waals surface area contributed by atoms with Gasteiger partial charge in [-0.15, -0.1) is 0 Å². The molecule has 0 spiro atoms. The van der Waals surface area contributed by atoms with Crippen molar-refractivity contribution < 1.29 is 0 Å². The molecule has 0 fully saturated rings. The summed E-state index contributed by atoms with van der Waals surface area (Å²) in [5, 5.41) is 2.43. The van der Waals surface area contributed by atoms with E-state index in [2.05, 4.69) is 146 Å². The van der Waals surface area contributed by atoms with Crippen LogP contribution in [0.3, 0.4) is 0 Å². The van der Waals surface area contributed by atoms with Crippen LogP contribution in [0.2, 0.25) is 0 Å². The van der Waals surface area contributed by atoms with Crippen LogP contribution < -0.4 is 0 Å². The minimum absolute atomic E-state index is 0.641. The second-order valence-electron chi connectivity index (χ2n) is 14.6. The van der Waals surface area contributed by atoms with Gasteiger partial charge < -0.3 is 0 Å². The molecule has 0 saturated carbocycles. The lowest BCUT2D eigenvalue weighted by Crippen LogP contribution is -1.98. The SMILES string of the molecule is c1ccc(-c2ncc(-c3cc(-c4ccc5c(c4)-c4ccc6ccccc6c4Sc4ccccc4-c4ccccc4-c4ccccc4-5)nc(-c4ccccc4)n3)cn2)cc1. The standard InChI is InChI=1S/C54H34N4S/c1-3-16-36(17-4-1)53-55-33-39(34-56-53)50-32-49(57-54(58-50)37-18-5-2-6-19-37)38-28-29-45-43-23-10-9-21-41(43)42-22-11-12-24-44(42)46-25-13-14-26-51(46)59-52-40-20-8-7-15-35(40)27-30-47(52)48(45)31-38/h1-34H. The van der Waals surface area contributed by atoms with Crippen molar-refractivity contribution in [3.05, 3.63) is 207 Å². The molecule has 276 valence electrons. The highest BCUT2D eigenvalue weighted by Gasteiger charge is 2.23. The molecule has 1 aliphatic heterocycles. The van der Waals surface area contributed by atoms with Gasteiger partial charge in [0, 0.05) is 44.4 Å². The maximum absolute atomic E-state index is 5.26. The normalized spacial score (nSPS) is 11.7. The minimum Gasteiger partial charge on any atom is -0.236 e. The Hall–Kier alpha value is -7.47. The van der Waals surface area contributed by atoms with Crippen LogP contribution >= 0.6 is 11.8 Å². The smallest absolute Gasteiger partial charge is 0.160 e. The highest BCUT2D eigenvalue weighted by molar-refractivity contribution is 7.99. The number of rotatable bonds is 4. The Morgan fingerprint density at radius 1 is 0.322 bits per heavy atom. The van der Waals surface area contributed by atoms with Crippen LogP contribution in [0.5, 0.6) is 0 Å². The highest BCUT2D eigenvalue weighted by Crippen LogP contribution is 2.50. The van der Waals surface area contributed by atoms with Crippen LogP contribution in [0.4, 0.5) is 0 Å². The van der Waals surface area contributed by atoms with Gasteiger partial charge in [-0.2, -0.15) is 0 Å². The Bertz CT molecular complexity index is 3180. The zero-order chi connectivity index (χ0) is 39.1. The third-order valence-electron chi connectivity index (χ3n) is 11.0. The molecule has 0 unspecified atom stereocenters. The summed E-state index contributed by atoms with van der Waals surface area (Å²) in [7, 11) is 0. The molecule has 0 aliphatic carbocycles. The fourth-order valence-electron chi connectivity index (χ4n) is 8.18. The van der Waals surface area contributed by atoms with Gasteiger partial charge in [-0.05, 0) is 73.5 Å². The summed E-state index contributed by atoms with van der Waals surface area (Å²) < 4.78 is 0. The van der Waals surface area contributed by atoms with E-state index >= 15 is 0 Å². The molecular weight excluding hydrogens is 737 g/mol. The summed E-state index contributed by atoms with van der Waals surface area (Å²) in [6.45, 7) is 0. The molecule has 10 aromatic rings. The molecule has 0 amide bonds. The fourth-order valence-corrected chi connectivity index (χ4v) is 9.41. The third-order valence-corrected chi connectivity index (χ3v) is 12.3. The number of hydrogen-bond donors (Lipinski definition) is 0. The van der Waals surface area contributed by atoms with Crippen molar-refractivity contribution in [1.29, 1.82) is 0 Å². The predicted octanol–water partition coefficient (Wildman–Crippen LogP) is 14.2. The molecule has 0 saturated heterocycles. The maximum atomic E-state index is 5.26. The Morgan fingerprint density at radius 3 is 1.51 bits per heavy atom. The minimum atomic E-state index is 0.641. The summed E-state index contributed by atoms with van der Waals surface area (Å²) in [4.78, 5) is 22.3. The summed E-state index contributed by atoms with van der Waals surface area (Å²) in [5.41, 5.74) is 14.8. The van der Waals surface area contributed by atoms with Crippen molar-refractivity contribution >= 4 is 22.5 Å². The predicted molar refractivity (Wildman–Crippen MR) is 243 cm³/mol. The van der Waals surface area contributed by atoms with Crippen LogP contribution in [-0.2, 0) is 0 Å². The van der Waals surface area contributed by atoms with Crippen LogP contribution in [0.15, 0.2) is 216 Å². The average Bonchev–Trinajstić information content (AvgIpc) is 3.33. The van der Waals surface area contributed by atoms with Crippen molar-refractivity contribution in [2.24, 2.45) is 0 Å². The van der Waals surface area contributed by atoms with E-state index in [0.717, 1.165) is 44.8 Å². The lowest BCUT2D eigenvalue weighted by molar-refractivity contribution is 1.14. The largest absolute Gasteiger partial charge is 0.236 e. The molecule has 0 N–H and O–H groups in total. The molecule has 59 heavy (non-hydrogen) atoms. The van der Waals surface area contributed by atoms with E-state index in [9.17, 15) is 0 Å². The van der Waals surface area contributed by atoms with Gasteiger partial charge in [0.2, 0.25) is 0 Å². The molecule has 3 heterocycles. The summed E-state index contributed by atoms with van der Waals surface area (Å²) in [6, 6.07) is 68.8. The van der Waals surface area contributed by atoms with Crippen molar-refractivity contribution in [3.8, 4) is 89.8 Å². The van der Waals surface area contributed by atoms with Gasteiger partial charge in [0.1, 0.15) is 0 Å². The third kappa shape index (κ3) is 6.38. The number of nitrogens with zero attached hydrogens (tertiary/aromatic N) is 4. The molecule has 4 nitrogen and oxygen atoms in total. The lowest BCUT2D eigenvalue weighted by atomic mass is 9.85. The molecule has 0 atom stereocenters. The first kappa shape index (κ1) is 34.8. The number of benzene rings is 8. The Kier molecular flexibility index (Phi) is 8.72. The number of fused-ring (bicyclic) bond motifs is 11. The zero-order valence-electron chi connectivity index (χ0n) is 31.8. The Balaban J connectivity index is 1.17. The molecular formula is C54H34N4S. The zero-order valence-corrected chi connectivity index (χ0v) is 32.6. The van der Waals surface area contributed by atoms with Gasteiger partial charge in [0.15, 0.2) is 11.6 Å². The Labute approximate surface area is 347 Å². The maximum Gasteiger partial charge on any atom is 0.160 e. The first-order valence-electron chi connectivity index (χ1n) is 19.7. The second kappa shape index (κ2) is 14.8. The van der Waals surface area contributed by atoms with Crippen molar-refractivity contribution in [3.63, 3.8) is 0 Å². The van der Waals surface area contributed by atoms with Crippen LogP contribution in [0, 0.1) is 0 Å². The van der Waals surface area contributed by atoms with E-state index in [-0.39, 0.29) is 0 Å². The van der Waals surface area contributed by atoms with Crippen molar-refractivity contribution in [1.82, 2.24) is 19.9 Å².